The molecule has 1 amide bonds. The Morgan fingerprint density at radius 1 is 1.15 bits per heavy atom. The number of halogens is 2. The van der Waals surface area contributed by atoms with Crippen molar-refractivity contribution in [2.45, 2.75) is 27.4 Å². The highest BCUT2D eigenvalue weighted by Gasteiger charge is 2.18. The molecule has 0 atom stereocenters. The van der Waals surface area contributed by atoms with Crippen molar-refractivity contribution in [3.8, 4) is 5.75 Å². The summed E-state index contributed by atoms with van der Waals surface area (Å²) in [6.07, 6.45) is 0. The number of ether oxygens (including phenoxy) is 1. The molecule has 1 heterocycles. The average Bonchev–Trinajstić information content (AvgIpc) is 3.05. The third-order valence-corrected chi connectivity index (χ3v) is 4.94. The Kier molecular flexibility index (Phi) is 5.51. The lowest BCUT2D eigenvalue weighted by atomic mass is 10.1. The van der Waals surface area contributed by atoms with Gasteiger partial charge in [0.25, 0.3) is 0 Å². The van der Waals surface area contributed by atoms with Crippen molar-refractivity contribution in [3.05, 3.63) is 70.2 Å². The van der Waals surface area contributed by atoms with E-state index in [2.05, 4.69) is 4.98 Å². The molecule has 0 aliphatic carbocycles. The molecule has 2 aromatic carbocycles. The molecule has 3 aromatic rings. The molecule has 7 heteroatoms. The number of anilines is 2. The Labute approximate surface area is 160 Å². The van der Waals surface area contributed by atoms with E-state index in [0.717, 1.165) is 28.9 Å². The van der Waals surface area contributed by atoms with Gasteiger partial charge in [-0.25, -0.2) is 13.8 Å². The Hall–Kier alpha value is -2.80. The average molecular weight is 388 g/mol. The van der Waals surface area contributed by atoms with Crippen LogP contribution in [0.4, 0.5) is 19.6 Å². The van der Waals surface area contributed by atoms with Gasteiger partial charge in [0, 0.05) is 18.4 Å². The lowest BCUT2D eigenvalue weighted by Crippen LogP contribution is -2.22. The molecule has 0 aliphatic heterocycles. The van der Waals surface area contributed by atoms with E-state index in [1.807, 2.05) is 32.0 Å². The monoisotopic (exact) mass is 388 g/mol. The maximum atomic E-state index is 13.6. The van der Waals surface area contributed by atoms with E-state index in [1.165, 1.54) is 29.2 Å². The zero-order valence-corrected chi connectivity index (χ0v) is 15.9. The first-order valence-electron chi connectivity index (χ1n) is 8.25. The van der Waals surface area contributed by atoms with Gasteiger partial charge in [0.15, 0.2) is 16.7 Å². The summed E-state index contributed by atoms with van der Waals surface area (Å²) in [7, 11) is 0. The summed E-state index contributed by atoms with van der Waals surface area (Å²) in [6, 6.07) is 8.88. The van der Waals surface area contributed by atoms with E-state index >= 15 is 0 Å². The molecule has 1 aromatic heterocycles. The van der Waals surface area contributed by atoms with Gasteiger partial charge in [-0.3, -0.25) is 9.69 Å². The van der Waals surface area contributed by atoms with Crippen molar-refractivity contribution in [2.75, 3.05) is 4.90 Å². The number of hydrogen-bond donors (Lipinski definition) is 0. The molecular formula is C20H18F2N2O2S. The van der Waals surface area contributed by atoms with Crippen LogP contribution in [0.3, 0.4) is 0 Å². The number of aryl methyl sites for hydroxylation is 2. The van der Waals surface area contributed by atoms with Gasteiger partial charge in [-0.1, -0.05) is 6.07 Å². The number of carbonyl (C=O) groups excluding carboxylic acids is 1. The summed E-state index contributed by atoms with van der Waals surface area (Å²) in [5, 5.41) is 2.25. The first kappa shape index (κ1) is 19.0. The molecule has 0 fully saturated rings. The maximum Gasteiger partial charge on any atom is 0.230 e. The smallest absolute Gasteiger partial charge is 0.230 e. The van der Waals surface area contributed by atoms with Crippen LogP contribution >= 0.6 is 11.3 Å². The van der Waals surface area contributed by atoms with Gasteiger partial charge in [0.1, 0.15) is 12.4 Å². The van der Waals surface area contributed by atoms with Gasteiger partial charge in [0.2, 0.25) is 5.91 Å². The molecular weight excluding hydrogens is 370 g/mol. The summed E-state index contributed by atoms with van der Waals surface area (Å²) in [4.78, 5) is 18.1. The molecule has 140 valence electrons. The van der Waals surface area contributed by atoms with Gasteiger partial charge >= 0.3 is 0 Å². The van der Waals surface area contributed by atoms with E-state index in [0.29, 0.717) is 10.8 Å². The summed E-state index contributed by atoms with van der Waals surface area (Å²) >= 11 is 1.29. The summed E-state index contributed by atoms with van der Waals surface area (Å²) in [5.74, 6) is -1.65. The van der Waals surface area contributed by atoms with Crippen LogP contribution in [0.1, 0.15) is 23.7 Å². The van der Waals surface area contributed by atoms with Gasteiger partial charge in [0.05, 0.1) is 11.4 Å². The number of carbonyl (C=O) groups is 1. The number of nitrogens with zero attached hydrogens (tertiary/aromatic N) is 2. The van der Waals surface area contributed by atoms with Crippen molar-refractivity contribution in [3.63, 3.8) is 0 Å². The van der Waals surface area contributed by atoms with Crippen LogP contribution in [0, 0.1) is 25.5 Å². The fourth-order valence-electron chi connectivity index (χ4n) is 2.50. The summed E-state index contributed by atoms with van der Waals surface area (Å²) in [5.41, 5.74) is 3.49. The van der Waals surface area contributed by atoms with Gasteiger partial charge < -0.3 is 4.74 Å². The predicted octanol–water partition coefficient (Wildman–Crippen LogP) is 5.30. The molecule has 0 bridgehead atoms. The quantitative estimate of drug-likeness (QED) is 0.595. The van der Waals surface area contributed by atoms with Crippen molar-refractivity contribution >= 4 is 28.1 Å². The van der Waals surface area contributed by atoms with Crippen LogP contribution < -0.4 is 9.64 Å². The Bertz CT molecular complexity index is 988. The topological polar surface area (TPSA) is 42.4 Å². The SMILES string of the molecule is CC(=O)N(c1ccc(C)c(C)c1)c1nc(COc2ccc(F)cc2F)cs1. The minimum Gasteiger partial charge on any atom is -0.484 e. The third-order valence-electron chi connectivity index (χ3n) is 4.06. The molecule has 0 saturated carbocycles. The molecule has 0 N–H and O–H groups in total. The predicted molar refractivity (Wildman–Crippen MR) is 102 cm³/mol. The second-order valence-electron chi connectivity index (χ2n) is 6.11. The van der Waals surface area contributed by atoms with Crippen LogP contribution in [-0.2, 0) is 11.4 Å². The molecule has 0 unspecified atom stereocenters. The van der Waals surface area contributed by atoms with Gasteiger partial charge in [-0.2, -0.15) is 0 Å². The standard InChI is InChI=1S/C20H18F2N2O2S/c1-12-4-6-17(8-13(12)2)24(14(3)25)20-23-16(11-27-20)10-26-19-7-5-15(21)9-18(19)22/h4-9,11H,10H2,1-3H3. The Morgan fingerprint density at radius 3 is 2.59 bits per heavy atom. The van der Waals surface area contributed by atoms with Gasteiger partial charge in [-0.15, -0.1) is 11.3 Å². The number of hydrogen-bond acceptors (Lipinski definition) is 4. The summed E-state index contributed by atoms with van der Waals surface area (Å²) in [6.45, 7) is 5.47. The molecule has 3 rings (SSSR count). The highest BCUT2D eigenvalue weighted by Crippen LogP contribution is 2.30. The van der Waals surface area contributed by atoms with Gasteiger partial charge in [-0.05, 0) is 49.2 Å². The van der Waals surface area contributed by atoms with E-state index < -0.39 is 11.6 Å². The van der Waals surface area contributed by atoms with E-state index in [4.69, 9.17) is 4.74 Å². The fraction of sp³-hybridized carbons (Fsp3) is 0.200. The van der Waals surface area contributed by atoms with Crippen molar-refractivity contribution in [2.24, 2.45) is 0 Å². The summed E-state index contributed by atoms with van der Waals surface area (Å²) < 4.78 is 32.0. The molecule has 0 saturated heterocycles. The van der Waals surface area contributed by atoms with Crippen molar-refractivity contribution in [1.82, 2.24) is 4.98 Å². The largest absolute Gasteiger partial charge is 0.484 e. The highest BCUT2D eigenvalue weighted by atomic mass is 32.1. The number of rotatable bonds is 5. The number of aromatic nitrogens is 1. The van der Waals surface area contributed by atoms with E-state index in [1.54, 1.807) is 5.38 Å². The minimum atomic E-state index is -0.772. The van der Waals surface area contributed by atoms with Crippen molar-refractivity contribution in [1.29, 1.82) is 0 Å². The third kappa shape index (κ3) is 4.31. The fourth-order valence-corrected chi connectivity index (χ4v) is 3.37. The van der Waals surface area contributed by atoms with E-state index in [9.17, 15) is 13.6 Å². The first-order chi connectivity index (χ1) is 12.8. The van der Waals surface area contributed by atoms with Crippen LogP contribution in [-0.4, -0.2) is 10.9 Å². The lowest BCUT2D eigenvalue weighted by molar-refractivity contribution is -0.115. The Morgan fingerprint density at radius 2 is 1.93 bits per heavy atom. The molecule has 27 heavy (non-hydrogen) atoms. The van der Waals surface area contributed by atoms with Crippen LogP contribution in [0.25, 0.3) is 0 Å². The van der Waals surface area contributed by atoms with Crippen LogP contribution in [0.5, 0.6) is 5.75 Å². The number of amides is 1. The van der Waals surface area contributed by atoms with Crippen LogP contribution in [0.15, 0.2) is 41.8 Å². The first-order valence-corrected chi connectivity index (χ1v) is 9.13. The molecule has 0 radical (unpaired) electrons. The second kappa shape index (κ2) is 7.84. The minimum absolute atomic E-state index is 0.0116. The zero-order valence-electron chi connectivity index (χ0n) is 15.1. The normalized spacial score (nSPS) is 10.7. The molecule has 4 nitrogen and oxygen atoms in total. The Balaban J connectivity index is 1.79. The van der Waals surface area contributed by atoms with E-state index in [-0.39, 0.29) is 18.3 Å². The molecule has 0 aliphatic rings. The molecule has 0 spiro atoms. The number of benzene rings is 2. The van der Waals surface area contributed by atoms with Crippen molar-refractivity contribution < 1.29 is 18.3 Å². The highest BCUT2D eigenvalue weighted by molar-refractivity contribution is 7.14. The lowest BCUT2D eigenvalue weighted by Gasteiger charge is -2.19. The number of thiazole rings is 1. The maximum absolute atomic E-state index is 13.6. The zero-order chi connectivity index (χ0) is 19.6. The van der Waals surface area contributed by atoms with Crippen LogP contribution in [0.2, 0.25) is 0 Å². The second-order valence-corrected chi connectivity index (χ2v) is 6.94.